The second-order valence-electron chi connectivity index (χ2n) is 4.34. The molecular formula is C17H17NO3. The van der Waals surface area contributed by atoms with E-state index in [9.17, 15) is 5.11 Å². The van der Waals surface area contributed by atoms with Crippen LogP contribution in [0.1, 0.15) is 5.56 Å². The maximum atomic E-state index is 9.75. The van der Waals surface area contributed by atoms with Gasteiger partial charge in [0.15, 0.2) is 11.5 Å². The molecule has 0 saturated heterocycles. The fraction of sp³-hybridized carbons (Fsp3) is 0.176. The number of terminal acetylenes is 1. The van der Waals surface area contributed by atoms with Crippen LogP contribution in [0.2, 0.25) is 0 Å². The minimum Gasteiger partial charge on any atom is -0.504 e. The van der Waals surface area contributed by atoms with Gasteiger partial charge in [-0.05, 0) is 18.2 Å². The van der Waals surface area contributed by atoms with E-state index in [4.69, 9.17) is 15.9 Å². The van der Waals surface area contributed by atoms with E-state index in [2.05, 4.69) is 11.2 Å². The number of ether oxygens (including phenoxy) is 2. The summed E-state index contributed by atoms with van der Waals surface area (Å²) in [4.78, 5) is 0. The first-order valence-electron chi connectivity index (χ1n) is 6.49. The Hall–Kier alpha value is -2.80. The van der Waals surface area contributed by atoms with Gasteiger partial charge < -0.3 is 19.9 Å². The third-order valence-corrected chi connectivity index (χ3v) is 2.95. The number of nitrogens with one attached hydrogen (secondary N) is 1. The first-order chi connectivity index (χ1) is 10.2. The summed E-state index contributed by atoms with van der Waals surface area (Å²) in [6.07, 6.45) is 5.21. The average Bonchev–Trinajstić information content (AvgIpc) is 2.52. The van der Waals surface area contributed by atoms with Crippen LogP contribution in [-0.4, -0.2) is 18.8 Å². The molecule has 0 aliphatic carbocycles. The number of anilines is 1. The Morgan fingerprint density at radius 2 is 2.00 bits per heavy atom. The molecule has 2 aromatic carbocycles. The fourth-order valence-electron chi connectivity index (χ4n) is 1.91. The van der Waals surface area contributed by atoms with Crippen molar-refractivity contribution in [2.75, 3.05) is 19.0 Å². The third-order valence-electron chi connectivity index (χ3n) is 2.95. The van der Waals surface area contributed by atoms with E-state index in [1.165, 1.54) is 7.11 Å². The van der Waals surface area contributed by atoms with Crippen molar-refractivity contribution in [1.29, 1.82) is 0 Å². The number of hydrogen-bond donors (Lipinski definition) is 2. The van der Waals surface area contributed by atoms with Crippen molar-refractivity contribution in [2.24, 2.45) is 0 Å². The van der Waals surface area contributed by atoms with Gasteiger partial charge in [0.2, 0.25) is 0 Å². The lowest BCUT2D eigenvalue weighted by Crippen LogP contribution is -2.03. The molecule has 2 rings (SSSR count). The SMILES string of the molecule is C#CCOc1ccccc1CNc1ccc(OC)c(O)c1. The van der Waals surface area contributed by atoms with Crippen molar-refractivity contribution >= 4 is 5.69 Å². The van der Waals surface area contributed by atoms with E-state index < -0.39 is 0 Å². The molecule has 0 aromatic heterocycles. The quantitative estimate of drug-likeness (QED) is 0.800. The van der Waals surface area contributed by atoms with Gasteiger partial charge in [-0.1, -0.05) is 24.1 Å². The van der Waals surface area contributed by atoms with Gasteiger partial charge in [-0.25, -0.2) is 0 Å². The molecule has 0 atom stereocenters. The highest BCUT2D eigenvalue weighted by Crippen LogP contribution is 2.29. The molecule has 0 unspecified atom stereocenters. The number of rotatable bonds is 6. The molecule has 21 heavy (non-hydrogen) atoms. The Bertz CT molecular complexity index is 647. The molecule has 0 aliphatic rings. The molecule has 0 saturated carbocycles. The van der Waals surface area contributed by atoms with Crippen LogP contribution in [0.3, 0.4) is 0 Å². The lowest BCUT2D eigenvalue weighted by Gasteiger charge is -2.12. The predicted octanol–water partition coefficient (Wildman–Crippen LogP) is 3.02. The number of phenolic OH excluding ortho intramolecular Hbond substituents is 1. The van der Waals surface area contributed by atoms with Crippen molar-refractivity contribution in [1.82, 2.24) is 0 Å². The standard InChI is InChI=1S/C17H17NO3/c1-3-10-21-16-7-5-4-6-13(16)12-18-14-8-9-17(20-2)15(19)11-14/h1,4-9,11,18-19H,10,12H2,2H3. The topological polar surface area (TPSA) is 50.7 Å². The molecule has 2 N–H and O–H groups in total. The normalized spacial score (nSPS) is 9.71. The Labute approximate surface area is 124 Å². The van der Waals surface area contributed by atoms with Gasteiger partial charge in [-0.15, -0.1) is 6.42 Å². The summed E-state index contributed by atoms with van der Waals surface area (Å²) in [7, 11) is 1.52. The number of benzene rings is 2. The molecule has 0 aliphatic heterocycles. The predicted molar refractivity (Wildman–Crippen MR) is 82.8 cm³/mol. The van der Waals surface area contributed by atoms with Gasteiger partial charge in [-0.3, -0.25) is 0 Å². The summed E-state index contributed by atoms with van der Waals surface area (Å²) in [5.74, 6) is 3.74. The zero-order valence-corrected chi connectivity index (χ0v) is 11.8. The van der Waals surface area contributed by atoms with Gasteiger partial charge in [0.1, 0.15) is 12.4 Å². The van der Waals surface area contributed by atoms with Crippen molar-refractivity contribution in [3.8, 4) is 29.6 Å². The van der Waals surface area contributed by atoms with Crippen molar-refractivity contribution < 1.29 is 14.6 Å². The molecule has 0 spiro atoms. The first-order valence-corrected chi connectivity index (χ1v) is 6.49. The lowest BCUT2D eigenvalue weighted by atomic mass is 10.2. The maximum Gasteiger partial charge on any atom is 0.160 e. The number of hydrogen-bond acceptors (Lipinski definition) is 4. The highest BCUT2D eigenvalue weighted by molar-refractivity contribution is 5.54. The van der Waals surface area contributed by atoms with Crippen molar-refractivity contribution in [3.63, 3.8) is 0 Å². The number of methoxy groups -OCH3 is 1. The second kappa shape index (κ2) is 7.11. The number of para-hydroxylation sites is 1. The zero-order valence-electron chi connectivity index (χ0n) is 11.8. The van der Waals surface area contributed by atoms with Crippen LogP contribution < -0.4 is 14.8 Å². The second-order valence-corrected chi connectivity index (χ2v) is 4.34. The van der Waals surface area contributed by atoms with E-state index in [1.54, 1.807) is 12.1 Å². The van der Waals surface area contributed by atoms with Crippen molar-refractivity contribution in [3.05, 3.63) is 48.0 Å². The summed E-state index contributed by atoms with van der Waals surface area (Å²) < 4.78 is 10.5. The Balaban J connectivity index is 2.06. The summed E-state index contributed by atoms with van der Waals surface area (Å²) >= 11 is 0. The zero-order chi connectivity index (χ0) is 15.1. The molecule has 0 amide bonds. The third kappa shape index (κ3) is 3.83. The fourth-order valence-corrected chi connectivity index (χ4v) is 1.91. The molecule has 4 heteroatoms. The van der Waals surface area contributed by atoms with E-state index in [-0.39, 0.29) is 12.4 Å². The van der Waals surface area contributed by atoms with Gasteiger partial charge in [0.05, 0.1) is 7.11 Å². The van der Waals surface area contributed by atoms with Crippen LogP contribution in [-0.2, 0) is 6.54 Å². The number of aromatic hydroxyl groups is 1. The van der Waals surface area contributed by atoms with E-state index in [0.29, 0.717) is 12.3 Å². The molecule has 0 bridgehead atoms. The van der Waals surface area contributed by atoms with Crippen LogP contribution in [0.25, 0.3) is 0 Å². The molecule has 4 nitrogen and oxygen atoms in total. The Morgan fingerprint density at radius 3 is 2.71 bits per heavy atom. The van der Waals surface area contributed by atoms with Crippen LogP contribution >= 0.6 is 0 Å². The highest BCUT2D eigenvalue weighted by atomic mass is 16.5. The maximum absolute atomic E-state index is 9.75. The summed E-state index contributed by atoms with van der Waals surface area (Å²) in [6.45, 7) is 0.798. The van der Waals surface area contributed by atoms with Crippen LogP contribution in [0.15, 0.2) is 42.5 Å². The summed E-state index contributed by atoms with van der Waals surface area (Å²) in [6, 6.07) is 12.8. The van der Waals surface area contributed by atoms with E-state index in [0.717, 1.165) is 17.0 Å². The molecule has 0 heterocycles. The van der Waals surface area contributed by atoms with Crippen LogP contribution in [0.5, 0.6) is 17.2 Å². The van der Waals surface area contributed by atoms with Crippen LogP contribution in [0.4, 0.5) is 5.69 Å². The molecule has 2 aromatic rings. The van der Waals surface area contributed by atoms with E-state index in [1.807, 2.05) is 30.3 Å². The van der Waals surface area contributed by atoms with Crippen LogP contribution in [0, 0.1) is 12.3 Å². The number of phenols is 1. The van der Waals surface area contributed by atoms with Gasteiger partial charge in [0.25, 0.3) is 0 Å². The molecular weight excluding hydrogens is 266 g/mol. The largest absolute Gasteiger partial charge is 0.504 e. The van der Waals surface area contributed by atoms with Gasteiger partial charge in [0, 0.05) is 23.9 Å². The smallest absolute Gasteiger partial charge is 0.160 e. The van der Waals surface area contributed by atoms with E-state index >= 15 is 0 Å². The van der Waals surface area contributed by atoms with Crippen molar-refractivity contribution in [2.45, 2.75) is 6.54 Å². The average molecular weight is 283 g/mol. The van der Waals surface area contributed by atoms with Gasteiger partial charge >= 0.3 is 0 Å². The minimum atomic E-state index is 0.0966. The molecule has 108 valence electrons. The Kier molecular flexibility index (Phi) is 4.94. The molecule has 0 radical (unpaired) electrons. The highest BCUT2D eigenvalue weighted by Gasteiger charge is 2.05. The van der Waals surface area contributed by atoms with Gasteiger partial charge in [-0.2, -0.15) is 0 Å². The summed E-state index contributed by atoms with van der Waals surface area (Å²) in [5.41, 5.74) is 1.78. The lowest BCUT2D eigenvalue weighted by molar-refractivity contribution is 0.366. The minimum absolute atomic E-state index is 0.0966. The Morgan fingerprint density at radius 1 is 1.19 bits per heavy atom. The monoisotopic (exact) mass is 283 g/mol. The first kappa shape index (κ1) is 14.6. The summed E-state index contributed by atoms with van der Waals surface area (Å²) in [5, 5.41) is 13.0. The molecule has 0 fully saturated rings.